The van der Waals surface area contributed by atoms with Crippen LogP contribution in [0.15, 0.2) is 12.3 Å². The first-order valence-electron chi connectivity index (χ1n) is 3.67. The van der Waals surface area contributed by atoms with Crippen LogP contribution in [0.2, 0.25) is 0 Å². The van der Waals surface area contributed by atoms with Gasteiger partial charge < -0.3 is 10.6 Å². The quantitative estimate of drug-likeness (QED) is 0.639. The lowest BCUT2D eigenvalue weighted by molar-refractivity contribution is 0.283. The molecule has 0 aliphatic heterocycles. The van der Waals surface area contributed by atoms with Crippen molar-refractivity contribution in [3.8, 4) is 0 Å². The molecule has 0 aromatic rings. The second-order valence-corrected chi connectivity index (χ2v) is 2.89. The van der Waals surface area contributed by atoms with E-state index < -0.39 is 0 Å². The first-order valence-corrected chi connectivity index (χ1v) is 3.67. The van der Waals surface area contributed by atoms with Gasteiger partial charge >= 0.3 is 0 Å². The maximum atomic E-state index is 5.49. The summed E-state index contributed by atoms with van der Waals surface area (Å²) in [7, 11) is 4.13. The Morgan fingerprint density at radius 1 is 1.60 bits per heavy atom. The summed E-state index contributed by atoms with van der Waals surface area (Å²) in [5.41, 5.74) is 6.26. The number of nitrogens with two attached hydrogens (primary N) is 1. The highest BCUT2D eigenvalue weighted by Gasteiger charge is 2.07. The fraction of sp³-hybridized carbons (Fsp3) is 0.750. The number of rotatable bonds is 4. The van der Waals surface area contributed by atoms with Gasteiger partial charge in [-0.05, 0) is 20.5 Å². The fourth-order valence-electron chi connectivity index (χ4n) is 0.995. The summed E-state index contributed by atoms with van der Waals surface area (Å²) in [5, 5.41) is 0. The monoisotopic (exact) mass is 142 g/mol. The lowest BCUT2D eigenvalue weighted by Gasteiger charge is -2.22. The van der Waals surface area contributed by atoms with Gasteiger partial charge in [-0.15, -0.1) is 0 Å². The number of hydrogen-bond donors (Lipinski definition) is 1. The molecule has 0 heterocycles. The van der Waals surface area contributed by atoms with Crippen molar-refractivity contribution in [1.82, 2.24) is 4.90 Å². The first-order chi connectivity index (χ1) is 4.57. The normalized spacial score (nSPS) is 13.6. The van der Waals surface area contributed by atoms with Gasteiger partial charge in [0, 0.05) is 18.2 Å². The fourth-order valence-corrected chi connectivity index (χ4v) is 0.995. The van der Waals surface area contributed by atoms with Gasteiger partial charge in [0.15, 0.2) is 0 Å². The van der Waals surface area contributed by atoms with E-state index in [9.17, 15) is 0 Å². The van der Waals surface area contributed by atoms with Crippen LogP contribution in [0.3, 0.4) is 0 Å². The third kappa shape index (κ3) is 3.51. The Morgan fingerprint density at radius 3 is 2.20 bits per heavy atom. The van der Waals surface area contributed by atoms with Crippen molar-refractivity contribution in [2.24, 2.45) is 5.73 Å². The van der Waals surface area contributed by atoms with Crippen LogP contribution in [0.4, 0.5) is 0 Å². The van der Waals surface area contributed by atoms with Crippen molar-refractivity contribution in [3.63, 3.8) is 0 Å². The molecule has 0 bridgehead atoms. The van der Waals surface area contributed by atoms with Crippen LogP contribution in [0.1, 0.15) is 19.8 Å². The molecule has 2 nitrogen and oxygen atoms in total. The van der Waals surface area contributed by atoms with Crippen LogP contribution in [0.5, 0.6) is 0 Å². The zero-order valence-electron chi connectivity index (χ0n) is 7.22. The minimum Gasteiger partial charge on any atom is -0.402 e. The molecule has 0 aromatic heterocycles. The van der Waals surface area contributed by atoms with E-state index in [1.165, 1.54) is 0 Å². The molecule has 0 rings (SSSR count). The van der Waals surface area contributed by atoms with Gasteiger partial charge in [0.05, 0.1) is 0 Å². The molecule has 0 unspecified atom stereocenters. The van der Waals surface area contributed by atoms with Crippen LogP contribution in [0.25, 0.3) is 0 Å². The van der Waals surface area contributed by atoms with Crippen LogP contribution >= 0.6 is 0 Å². The molecule has 0 aliphatic carbocycles. The summed E-state index contributed by atoms with van der Waals surface area (Å²) in [6, 6.07) is 0.553. The number of hydrogen-bond acceptors (Lipinski definition) is 2. The molecule has 0 radical (unpaired) electrons. The highest BCUT2D eigenvalue weighted by molar-refractivity contribution is 4.90. The maximum absolute atomic E-state index is 5.49. The molecule has 60 valence electrons. The van der Waals surface area contributed by atoms with E-state index in [4.69, 9.17) is 5.73 Å². The molecule has 1 atom stereocenters. The standard InChI is InChI=1S/C8H18N2/c1-5-8(10(3)4)6-7(2)9/h8H,2,5-6,9H2,1,3-4H3/t8-/m0/s1. The van der Waals surface area contributed by atoms with Crippen LogP contribution in [-0.4, -0.2) is 25.0 Å². The van der Waals surface area contributed by atoms with E-state index in [1.54, 1.807) is 0 Å². The third-order valence-corrected chi connectivity index (χ3v) is 1.70. The molecule has 0 saturated carbocycles. The Labute approximate surface area is 63.7 Å². The van der Waals surface area contributed by atoms with Crippen molar-refractivity contribution in [3.05, 3.63) is 12.3 Å². The first kappa shape index (κ1) is 9.50. The SMILES string of the molecule is C=C(N)C[C@H](CC)N(C)C. The lowest BCUT2D eigenvalue weighted by atomic mass is 10.1. The van der Waals surface area contributed by atoms with E-state index in [0.29, 0.717) is 6.04 Å². The minimum absolute atomic E-state index is 0.553. The summed E-state index contributed by atoms with van der Waals surface area (Å²) < 4.78 is 0. The molecule has 0 fully saturated rings. The molecule has 2 N–H and O–H groups in total. The molecule has 0 amide bonds. The van der Waals surface area contributed by atoms with Crippen LogP contribution < -0.4 is 5.73 Å². The molecular formula is C8H18N2. The van der Waals surface area contributed by atoms with Gasteiger partial charge in [-0.25, -0.2) is 0 Å². The smallest absolute Gasteiger partial charge is 0.0141 e. The van der Waals surface area contributed by atoms with Crippen LogP contribution in [-0.2, 0) is 0 Å². The largest absolute Gasteiger partial charge is 0.402 e. The predicted octanol–water partition coefficient (Wildman–Crippen LogP) is 1.19. The Kier molecular flexibility index (Phi) is 4.12. The van der Waals surface area contributed by atoms with E-state index in [-0.39, 0.29) is 0 Å². The zero-order valence-corrected chi connectivity index (χ0v) is 7.22. The Balaban J connectivity index is 3.71. The highest BCUT2D eigenvalue weighted by atomic mass is 15.1. The van der Waals surface area contributed by atoms with E-state index >= 15 is 0 Å². The van der Waals surface area contributed by atoms with Gasteiger partial charge in [0.2, 0.25) is 0 Å². The number of nitrogens with zero attached hydrogens (tertiary/aromatic N) is 1. The summed E-state index contributed by atoms with van der Waals surface area (Å²) in [6.45, 7) is 5.84. The molecule has 0 spiro atoms. The lowest BCUT2D eigenvalue weighted by Crippen LogP contribution is -2.28. The topological polar surface area (TPSA) is 29.3 Å². The molecule has 0 saturated heterocycles. The summed E-state index contributed by atoms with van der Waals surface area (Å²) in [5.74, 6) is 0. The maximum Gasteiger partial charge on any atom is 0.0141 e. The Bertz CT molecular complexity index is 108. The third-order valence-electron chi connectivity index (χ3n) is 1.70. The van der Waals surface area contributed by atoms with Gasteiger partial charge in [0.25, 0.3) is 0 Å². The van der Waals surface area contributed by atoms with Crippen molar-refractivity contribution >= 4 is 0 Å². The van der Waals surface area contributed by atoms with Crippen LogP contribution in [0, 0.1) is 0 Å². The predicted molar refractivity (Wildman–Crippen MR) is 45.7 cm³/mol. The van der Waals surface area contributed by atoms with Crippen molar-refractivity contribution in [1.29, 1.82) is 0 Å². The van der Waals surface area contributed by atoms with E-state index in [1.807, 2.05) is 0 Å². The Hall–Kier alpha value is -0.500. The molecule has 2 heteroatoms. The average molecular weight is 142 g/mol. The van der Waals surface area contributed by atoms with E-state index in [2.05, 4.69) is 32.5 Å². The Morgan fingerprint density at radius 2 is 2.10 bits per heavy atom. The second-order valence-electron chi connectivity index (χ2n) is 2.89. The summed E-state index contributed by atoms with van der Waals surface area (Å²) in [4.78, 5) is 2.18. The van der Waals surface area contributed by atoms with Gasteiger partial charge in [0.1, 0.15) is 0 Å². The molecular weight excluding hydrogens is 124 g/mol. The van der Waals surface area contributed by atoms with Crippen molar-refractivity contribution < 1.29 is 0 Å². The van der Waals surface area contributed by atoms with Gasteiger partial charge in [-0.2, -0.15) is 0 Å². The molecule has 10 heavy (non-hydrogen) atoms. The average Bonchev–Trinajstić information content (AvgIpc) is 1.81. The van der Waals surface area contributed by atoms with Crippen molar-refractivity contribution in [2.45, 2.75) is 25.8 Å². The zero-order chi connectivity index (χ0) is 8.15. The molecule has 0 aliphatic rings. The summed E-state index contributed by atoms with van der Waals surface area (Å²) >= 11 is 0. The van der Waals surface area contributed by atoms with Crippen molar-refractivity contribution in [2.75, 3.05) is 14.1 Å². The van der Waals surface area contributed by atoms with Gasteiger partial charge in [-0.1, -0.05) is 13.5 Å². The molecule has 0 aromatic carbocycles. The summed E-state index contributed by atoms with van der Waals surface area (Å²) in [6.07, 6.45) is 2.03. The van der Waals surface area contributed by atoms with Gasteiger partial charge in [-0.3, -0.25) is 0 Å². The van der Waals surface area contributed by atoms with E-state index in [0.717, 1.165) is 18.5 Å². The second kappa shape index (κ2) is 4.34. The highest BCUT2D eigenvalue weighted by Crippen LogP contribution is 2.06. The minimum atomic E-state index is 0.553.